The quantitative estimate of drug-likeness (QED) is 0.872. The van der Waals surface area contributed by atoms with Gasteiger partial charge in [0.25, 0.3) is 0 Å². The summed E-state index contributed by atoms with van der Waals surface area (Å²) in [4.78, 5) is 8.99. The summed E-state index contributed by atoms with van der Waals surface area (Å²) in [6.07, 6.45) is 5.04. The standard InChI is InChI=1S/C14H21N5OS/c1-14(2,3)12-15-10(19-20-12)8-21-13-16-11(17-18-13)9-6-4-5-7-9/h9H,4-8H2,1-3H3,(H,16,17,18). The first kappa shape index (κ1) is 14.6. The summed E-state index contributed by atoms with van der Waals surface area (Å²) in [5.74, 6) is 3.57. The normalized spacial score (nSPS) is 16.7. The van der Waals surface area contributed by atoms with E-state index in [0.717, 1.165) is 11.0 Å². The van der Waals surface area contributed by atoms with Crippen LogP contribution in [0.1, 0.15) is 69.9 Å². The van der Waals surface area contributed by atoms with Crippen LogP contribution in [0, 0.1) is 0 Å². The molecule has 1 fully saturated rings. The molecule has 1 aliphatic rings. The number of thioether (sulfide) groups is 1. The summed E-state index contributed by atoms with van der Waals surface area (Å²) in [6, 6.07) is 0. The predicted molar refractivity (Wildman–Crippen MR) is 80.2 cm³/mol. The van der Waals surface area contributed by atoms with Gasteiger partial charge in [0.1, 0.15) is 5.82 Å². The van der Waals surface area contributed by atoms with Crippen molar-refractivity contribution in [1.29, 1.82) is 0 Å². The number of aromatic nitrogens is 5. The Bertz CT molecular complexity index is 595. The number of H-pyrrole nitrogens is 1. The van der Waals surface area contributed by atoms with Crippen molar-refractivity contribution in [2.75, 3.05) is 0 Å². The molecule has 114 valence electrons. The number of nitrogens with one attached hydrogen (secondary N) is 1. The van der Waals surface area contributed by atoms with Crippen molar-refractivity contribution in [3.8, 4) is 0 Å². The molecule has 2 aromatic heterocycles. The van der Waals surface area contributed by atoms with E-state index >= 15 is 0 Å². The molecular weight excluding hydrogens is 286 g/mol. The van der Waals surface area contributed by atoms with E-state index in [1.807, 2.05) is 0 Å². The van der Waals surface area contributed by atoms with E-state index in [4.69, 9.17) is 4.52 Å². The molecular formula is C14H21N5OS. The highest BCUT2D eigenvalue weighted by Crippen LogP contribution is 2.32. The minimum Gasteiger partial charge on any atom is -0.339 e. The first-order valence-corrected chi connectivity index (χ1v) is 8.39. The van der Waals surface area contributed by atoms with Crippen molar-refractivity contribution in [3.63, 3.8) is 0 Å². The Labute approximate surface area is 128 Å². The van der Waals surface area contributed by atoms with E-state index in [0.29, 0.717) is 23.4 Å². The lowest BCUT2D eigenvalue weighted by atomic mass is 9.97. The van der Waals surface area contributed by atoms with E-state index in [2.05, 4.69) is 46.1 Å². The summed E-state index contributed by atoms with van der Waals surface area (Å²) in [5.41, 5.74) is -0.115. The van der Waals surface area contributed by atoms with Crippen LogP contribution in [0.4, 0.5) is 0 Å². The Morgan fingerprint density at radius 3 is 2.67 bits per heavy atom. The average molecular weight is 307 g/mol. The van der Waals surface area contributed by atoms with Crippen LogP contribution in [0.15, 0.2) is 9.68 Å². The lowest BCUT2D eigenvalue weighted by Gasteiger charge is -2.10. The third-order valence-electron chi connectivity index (χ3n) is 3.66. The maximum Gasteiger partial charge on any atom is 0.232 e. The van der Waals surface area contributed by atoms with Crippen molar-refractivity contribution in [3.05, 3.63) is 17.5 Å². The summed E-state index contributed by atoms with van der Waals surface area (Å²) in [5, 5.41) is 12.1. The zero-order valence-corrected chi connectivity index (χ0v) is 13.5. The van der Waals surface area contributed by atoms with Gasteiger partial charge in [-0.3, -0.25) is 5.10 Å². The average Bonchev–Trinajstić information content (AvgIpc) is 3.16. The minimum absolute atomic E-state index is 0.115. The Balaban J connectivity index is 1.59. The van der Waals surface area contributed by atoms with Gasteiger partial charge in [-0.1, -0.05) is 50.5 Å². The van der Waals surface area contributed by atoms with Gasteiger partial charge in [-0.25, -0.2) is 4.98 Å². The zero-order chi connectivity index (χ0) is 14.9. The molecule has 7 heteroatoms. The minimum atomic E-state index is -0.115. The van der Waals surface area contributed by atoms with Crippen molar-refractivity contribution in [1.82, 2.24) is 25.3 Å². The molecule has 0 aliphatic heterocycles. The Morgan fingerprint density at radius 1 is 1.24 bits per heavy atom. The summed E-state index contributed by atoms with van der Waals surface area (Å²) >= 11 is 1.54. The molecule has 1 saturated carbocycles. The molecule has 2 aromatic rings. The van der Waals surface area contributed by atoms with Crippen LogP contribution in [-0.2, 0) is 11.2 Å². The van der Waals surface area contributed by atoms with Crippen molar-refractivity contribution in [2.24, 2.45) is 0 Å². The maximum absolute atomic E-state index is 5.28. The largest absolute Gasteiger partial charge is 0.339 e. The molecule has 0 radical (unpaired) electrons. The van der Waals surface area contributed by atoms with Crippen LogP contribution in [0.5, 0.6) is 0 Å². The SMILES string of the molecule is CC(C)(C)c1nc(CSc2n[nH]c(C3CCCC3)n2)no1. The molecule has 21 heavy (non-hydrogen) atoms. The van der Waals surface area contributed by atoms with Gasteiger partial charge in [0, 0.05) is 11.3 Å². The highest BCUT2D eigenvalue weighted by atomic mass is 32.2. The summed E-state index contributed by atoms with van der Waals surface area (Å²) in [6.45, 7) is 6.17. The number of aromatic amines is 1. The van der Waals surface area contributed by atoms with E-state index in [9.17, 15) is 0 Å². The molecule has 0 spiro atoms. The van der Waals surface area contributed by atoms with Crippen LogP contribution in [0.2, 0.25) is 0 Å². The van der Waals surface area contributed by atoms with E-state index < -0.39 is 0 Å². The number of hydrogen-bond donors (Lipinski definition) is 1. The number of rotatable bonds is 4. The van der Waals surface area contributed by atoms with Crippen LogP contribution in [0.25, 0.3) is 0 Å². The number of nitrogens with zero attached hydrogens (tertiary/aromatic N) is 4. The van der Waals surface area contributed by atoms with E-state index in [1.165, 1.54) is 37.4 Å². The van der Waals surface area contributed by atoms with Gasteiger partial charge in [-0.05, 0) is 12.8 Å². The Morgan fingerprint density at radius 2 is 2.00 bits per heavy atom. The summed E-state index contributed by atoms with van der Waals surface area (Å²) in [7, 11) is 0. The molecule has 0 aromatic carbocycles. The third-order valence-corrected chi connectivity index (χ3v) is 4.51. The monoisotopic (exact) mass is 307 g/mol. The molecule has 0 saturated heterocycles. The van der Waals surface area contributed by atoms with Gasteiger partial charge >= 0.3 is 0 Å². The third kappa shape index (κ3) is 3.45. The zero-order valence-electron chi connectivity index (χ0n) is 12.7. The second-order valence-corrected chi connectivity index (χ2v) is 7.48. The Hall–Kier alpha value is -1.37. The highest BCUT2D eigenvalue weighted by Gasteiger charge is 2.23. The maximum atomic E-state index is 5.28. The fourth-order valence-corrected chi connectivity index (χ4v) is 3.10. The van der Waals surface area contributed by atoms with Crippen molar-refractivity contribution < 1.29 is 4.52 Å². The molecule has 0 amide bonds. The second-order valence-electron chi connectivity index (χ2n) is 6.54. The topological polar surface area (TPSA) is 80.5 Å². The summed E-state index contributed by atoms with van der Waals surface area (Å²) < 4.78 is 5.28. The lowest BCUT2D eigenvalue weighted by molar-refractivity contribution is 0.319. The molecule has 6 nitrogen and oxygen atoms in total. The molecule has 0 bridgehead atoms. The van der Waals surface area contributed by atoms with Gasteiger partial charge in [-0.2, -0.15) is 4.98 Å². The van der Waals surface area contributed by atoms with Crippen LogP contribution < -0.4 is 0 Å². The van der Waals surface area contributed by atoms with Crippen LogP contribution >= 0.6 is 11.8 Å². The van der Waals surface area contributed by atoms with E-state index in [-0.39, 0.29) is 5.41 Å². The van der Waals surface area contributed by atoms with Gasteiger partial charge < -0.3 is 4.52 Å². The van der Waals surface area contributed by atoms with Crippen molar-refractivity contribution >= 4 is 11.8 Å². The van der Waals surface area contributed by atoms with Gasteiger partial charge in [0.2, 0.25) is 11.0 Å². The predicted octanol–water partition coefficient (Wildman–Crippen LogP) is 3.44. The van der Waals surface area contributed by atoms with Crippen molar-refractivity contribution in [2.45, 2.75) is 68.7 Å². The molecule has 0 unspecified atom stereocenters. The Kier molecular flexibility index (Phi) is 4.01. The first-order chi connectivity index (χ1) is 10.0. The van der Waals surface area contributed by atoms with Crippen LogP contribution in [-0.4, -0.2) is 25.3 Å². The van der Waals surface area contributed by atoms with E-state index in [1.54, 1.807) is 0 Å². The lowest BCUT2D eigenvalue weighted by Crippen LogP contribution is -2.11. The van der Waals surface area contributed by atoms with Gasteiger partial charge in [-0.15, -0.1) is 5.10 Å². The van der Waals surface area contributed by atoms with Gasteiger partial charge in [0.05, 0.1) is 5.75 Å². The molecule has 2 heterocycles. The fraction of sp³-hybridized carbons (Fsp3) is 0.714. The smallest absolute Gasteiger partial charge is 0.232 e. The fourth-order valence-electron chi connectivity index (χ4n) is 2.45. The van der Waals surface area contributed by atoms with Crippen LogP contribution in [0.3, 0.4) is 0 Å². The number of hydrogen-bond acceptors (Lipinski definition) is 6. The molecule has 1 N–H and O–H groups in total. The van der Waals surface area contributed by atoms with Gasteiger partial charge in [0.15, 0.2) is 5.82 Å². The molecule has 1 aliphatic carbocycles. The molecule has 0 atom stereocenters. The highest BCUT2D eigenvalue weighted by molar-refractivity contribution is 7.98. The second kappa shape index (κ2) is 5.79. The first-order valence-electron chi connectivity index (χ1n) is 7.40. The molecule has 3 rings (SSSR count).